The summed E-state index contributed by atoms with van der Waals surface area (Å²) in [6.07, 6.45) is 20.5. The zero-order valence-electron chi connectivity index (χ0n) is 24.1. The number of aromatic amines is 3. The van der Waals surface area contributed by atoms with Gasteiger partial charge in [0.05, 0.1) is 36.7 Å². The topological polar surface area (TPSA) is 176 Å². The van der Waals surface area contributed by atoms with Crippen molar-refractivity contribution in [2.75, 3.05) is 18.8 Å². The SMILES string of the molecule is C.C.CCC(C)I.CS(=O)(=O)c1c[nH]c2ncncc12.CS(=O)c1c[nH]c2ncncc12.CSc1c[nH]c2ncncc12.[Ar].[Ar].[Ar]. The van der Waals surface area contributed by atoms with Crippen molar-refractivity contribution >= 4 is 88.1 Å². The monoisotopic (exact) mass is 879 g/mol. The van der Waals surface area contributed by atoms with E-state index in [2.05, 4.69) is 81.3 Å². The summed E-state index contributed by atoms with van der Waals surface area (Å²) in [5, 5.41) is 2.46. The second-order valence-corrected chi connectivity index (χ2v) is 14.7. The summed E-state index contributed by atoms with van der Waals surface area (Å²) >= 11 is 4.10. The molecule has 0 aliphatic heterocycles. The van der Waals surface area contributed by atoms with Crippen LogP contribution in [0.5, 0.6) is 0 Å². The molecule has 2 atom stereocenters. The Labute approximate surface area is 381 Å². The van der Waals surface area contributed by atoms with E-state index in [1.54, 1.807) is 36.7 Å². The summed E-state index contributed by atoms with van der Waals surface area (Å²) < 4.78 is 34.5. The number of hydrogen-bond acceptors (Lipinski definition) is 10. The summed E-state index contributed by atoms with van der Waals surface area (Å²) in [7, 11) is -4.18. The summed E-state index contributed by atoms with van der Waals surface area (Å²) in [4.78, 5) is 34.5. The third-order valence-electron chi connectivity index (χ3n) is 5.44. The fraction of sp³-hybridized carbons (Fsp3) is 0.333. The molecule has 19 heteroatoms. The van der Waals surface area contributed by atoms with Crippen LogP contribution in [0.3, 0.4) is 0 Å². The Kier molecular flexibility index (Phi) is 28.6. The van der Waals surface area contributed by atoms with Crippen LogP contribution in [-0.2, 0) is 20.6 Å². The van der Waals surface area contributed by atoms with E-state index in [-0.39, 0.29) is 133 Å². The third kappa shape index (κ3) is 15.4. The molecule has 258 valence electrons. The summed E-state index contributed by atoms with van der Waals surface area (Å²) in [6, 6.07) is 0. The molecule has 0 aromatic carbocycles. The Morgan fingerprint density at radius 3 is 1.70 bits per heavy atom. The third-order valence-corrected chi connectivity index (χ3v) is 9.20. The van der Waals surface area contributed by atoms with E-state index < -0.39 is 20.6 Å². The van der Waals surface area contributed by atoms with Crippen molar-refractivity contribution in [3.05, 3.63) is 56.2 Å². The quantitative estimate of drug-likeness (QED) is 0.105. The number of nitrogens with zero attached hydrogens (tertiary/aromatic N) is 6. The van der Waals surface area contributed by atoms with Crippen LogP contribution in [0.25, 0.3) is 33.1 Å². The van der Waals surface area contributed by atoms with Gasteiger partial charge in [0.25, 0.3) is 0 Å². The minimum Gasteiger partial charge on any atom is -0.345 e. The molecule has 0 aliphatic carbocycles. The van der Waals surface area contributed by atoms with Gasteiger partial charge in [-0.2, -0.15) is 0 Å². The number of fused-ring (bicyclic) bond motifs is 3. The molecular formula is C27H38Ar3IN9O3S3. The number of alkyl halides is 1. The minimum absolute atomic E-state index is 0. The van der Waals surface area contributed by atoms with Crippen molar-refractivity contribution < 1.29 is 126 Å². The number of nitrogens with one attached hydrogen (secondary N) is 3. The molecular weight excluding hydrogens is 841 g/mol. The average Bonchev–Trinajstić information content (AvgIpc) is 3.70. The van der Waals surface area contributed by atoms with Crippen molar-refractivity contribution in [2.24, 2.45) is 0 Å². The first-order valence-corrected chi connectivity index (χ1v) is 18.0. The van der Waals surface area contributed by atoms with Crippen molar-refractivity contribution in [1.29, 1.82) is 0 Å². The first kappa shape index (κ1) is 51.2. The fourth-order valence-electron chi connectivity index (χ4n) is 3.22. The zero-order chi connectivity index (χ0) is 30.0. The molecule has 6 aromatic rings. The number of halogens is 1. The average molecular weight is 880 g/mol. The Balaban J connectivity index is -0.000000536. The van der Waals surface area contributed by atoms with Crippen LogP contribution in [0.2, 0.25) is 0 Å². The number of thioether (sulfide) groups is 1. The van der Waals surface area contributed by atoms with Gasteiger partial charge < -0.3 is 15.0 Å². The van der Waals surface area contributed by atoms with E-state index in [9.17, 15) is 12.6 Å². The molecule has 0 amide bonds. The molecule has 0 saturated carbocycles. The van der Waals surface area contributed by atoms with Gasteiger partial charge in [0, 0.05) is 172 Å². The van der Waals surface area contributed by atoms with Crippen molar-refractivity contribution in [2.45, 2.75) is 53.7 Å². The van der Waals surface area contributed by atoms with Crippen LogP contribution in [0.4, 0.5) is 0 Å². The molecule has 0 aliphatic rings. The van der Waals surface area contributed by atoms with E-state index in [0.29, 0.717) is 11.0 Å². The van der Waals surface area contributed by atoms with Gasteiger partial charge in [0.2, 0.25) is 0 Å². The van der Waals surface area contributed by atoms with Crippen LogP contribution >= 0.6 is 34.4 Å². The maximum Gasteiger partial charge on any atom is 0.177 e. The first-order chi connectivity index (χ1) is 19.6. The predicted molar refractivity (Wildman–Crippen MR) is 186 cm³/mol. The normalized spacial score (nSPS) is 11.1. The second-order valence-electron chi connectivity index (χ2n) is 8.43. The standard InChI is InChI=1S/C7H7N3O2S.C7H7N3OS.C7H7N3S.C4H9I.2CH4.3Ar/c1-13(11,12)6-3-9-7-5(6)2-8-4-10-7;1-12(11)6-3-9-7-5(6)2-8-4-10-7;1-11-6-3-9-7-5(6)2-8-4-10-7;1-3-4(2)5;;;;;/h2-4H,1H3,(H,8,9,10);2-4H,1H3,(H,8,9,10);2-4H,1H3,(H,8,9,10);4H,3H2,1-2H3;2*1H4;;;. The zero-order valence-corrected chi connectivity index (χ0v) is 30.8. The molecule has 0 bridgehead atoms. The molecule has 0 spiro atoms. The van der Waals surface area contributed by atoms with Crippen LogP contribution in [0, 0.1) is 113 Å². The molecule has 6 rings (SSSR count). The summed E-state index contributed by atoms with van der Waals surface area (Å²) in [6.45, 7) is 4.40. The van der Waals surface area contributed by atoms with E-state index >= 15 is 0 Å². The molecule has 46 heavy (non-hydrogen) atoms. The van der Waals surface area contributed by atoms with Crippen molar-refractivity contribution in [1.82, 2.24) is 44.9 Å². The Bertz CT molecular complexity index is 1850. The van der Waals surface area contributed by atoms with Crippen molar-refractivity contribution in [3.8, 4) is 0 Å². The van der Waals surface area contributed by atoms with Gasteiger partial charge in [-0.1, -0.05) is 51.3 Å². The van der Waals surface area contributed by atoms with Crippen LogP contribution < -0.4 is 0 Å². The van der Waals surface area contributed by atoms with Gasteiger partial charge in [0.15, 0.2) is 9.84 Å². The predicted octanol–water partition coefficient (Wildman–Crippen LogP) is 6.23. The van der Waals surface area contributed by atoms with E-state index in [0.717, 1.165) is 37.1 Å². The number of aromatic nitrogens is 9. The van der Waals surface area contributed by atoms with Gasteiger partial charge in [-0.3, -0.25) is 4.21 Å². The molecule has 6 heterocycles. The van der Waals surface area contributed by atoms with E-state index in [4.69, 9.17) is 0 Å². The number of sulfone groups is 1. The van der Waals surface area contributed by atoms with Crippen LogP contribution in [0.1, 0.15) is 35.1 Å². The van der Waals surface area contributed by atoms with Gasteiger partial charge in [0.1, 0.15) is 35.9 Å². The van der Waals surface area contributed by atoms with Gasteiger partial charge >= 0.3 is 0 Å². The minimum atomic E-state index is -3.20. The molecule has 0 radical (unpaired) electrons. The number of hydrogen-bond donors (Lipinski definition) is 3. The summed E-state index contributed by atoms with van der Waals surface area (Å²) in [5.74, 6) is 0. The molecule has 12 nitrogen and oxygen atoms in total. The van der Waals surface area contributed by atoms with E-state index in [1.165, 1.54) is 36.4 Å². The van der Waals surface area contributed by atoms with E-state index in [1.807, 2.05) is 18.6 Å². The van der Waals surface area contributed by atoms with Crippen LogP contribution in [0.15, 0.2) is 70.8 Å². The Hall–Kier alpha value is 0.819. The molecule has 3 N–H and O–H groups in total. The molecule has 2 unspecified atom stereocenters. The molecule has 6 aromatic heterocycles. The smallest absolute Gasteiger partial charge is 0.177 e. The van der Waals surface area contributed by atoms with Crippen molar-refractivity contribution in [3.63, 3.8) is 0 Å². The van der Waals surface area contributed by atoms with Gasteiger partial charge in [-0.05, 0) is 12.7 Å². The first-order valence-electron chi connectivity index (χ1n) is 12.1. The number of H-pyrrole nitrogens is 3. The Morgan fingerprint density at radius 1 is 0.826 bits per heavy atom. The number of rotatable bonds is 4. The maximum atomic E-state index is 11.2. The fourth-order valence-corrected chi connectivity index (χ4v) is 5.28. The second kappa shape index (κ2) is 25.7. The van der Waals surface area contributed by atoms with Crippen LogP contribution in [-0.4, -0.2) is 80.2 Å². The Morgan fingerprint density at radius 2 is 1.24 bits per heavy atom. The molecule has 0 saturated heterocycles. The largest absolute Gasteiger partial charge is 0.345 e. The summed E-state index contributed by atoms with van der Waals surface area (Å²) in [5.41, 5.74) is 2.18. The molecule has 0 fully saturated rings. The van der Waals surface area contributed by atoms with Gasteiger partial charge in [-0.25, -0.2) is 38.3 Å². The maximum absolute atomic E-state index is 11.2. The van der Waals surface area contributed by atoms with Gasteiger partial charge in [-0.15, -0.1) is 11.8 Å².